The first-order valence-electron chi connectivity index (χ1n) is 8.30. The normalized spacial score (nSPS) is 13.4. The van der Waals surface area contributed by atoms with Crippen LogP contribution in [-0.4, -0.2) is 37.8 Å². The lowest BCUT2D eigenvalue weighted by Gasteiger charge is -2.19. The summed E-state index contributed by atoms with van der Waals surface area (Å²) in [6, 6.07) is 10.6. The summed E-state index contributed by atoms with van der Waals surface area (Å²) in [7, 11) is 0. The van der Waals surface area contributed by atoms with Crippen LogP contribution in [0.4, 0.5) is 10.1 Å². The molecule has 1 amide bonds. The van der Waals surface area contributed by atoms with Gasteiger partial charge in [-0.3, -0.25) is 4.79 Å². The first-order chi connectivity index (χ1) is 13.0. The summed E-state index contributed by atoms with van der Waals surface area (Å²) in [5.74, 6) is -0.836. The lowest BCUT2D eigenvalue weighted by molar-refractivity contribution is -0.155. The van der Waals surface area contributed by atoms with E-state index in [2.05, 4.69) is 5.32 Å². The SMILES string of the molecule is C[C@@H](OC(=O)COc1ccccc1F)C(=O)Nc1ccc2c(c1)OCCO2. The van der Waals surface area contributed by atoms with Crippen LogP contribution >= 0.6 is 0 Å². The largest absolute Gasteiger partial charge is 0.486 e. The van der Waals surface area contributed by atoms with Gasteiger partial charge in [-0.1, -0.05) is 12.1 Å². The predicted molar refractivity (Wildman–Crippen MR) is 93.5 cm³/mol. The van der Waals surface area contributed by atoms with Crippen molar-refractivity contribution < 1.29 is 32.9 Å². The van der Waals surface area contributed by atoms with E-state index >= 15 is 0 Å². The second-order valence-electron chi connectivity index (χ2n) is 5.70. The average Bonchev–Trinajstić information content (AvgIpc) is 2.67. The summed E-state index contributed by atoms with van der Waals surface area (Å²) in [4.78, 5) is 24.0. The number of para-hydroxylation sites is 1. The smallest absolute Gasteiger partial charge is 0.344 e. The number of halogens is 1. The van der Waals surface area contributed by atoms with Crippen molar-refractivity contribution in [1.82, 2.24) is 0 Å². The van der Waals surface area contributed by atoms with Gasteiger partial charge in [0.2, 0.25) is 0 Å². The van der Waals surface area contributed by atoms with E-state index in [1.807, 2.05) is 0 Å². The quantitative estimate of drug-likeness (QED) is 0.782. The molecule has 0 bridgehead atoms. The highest BCUT2D eigenvalue weighted by Crippen LogP contribution is 2.32. The van der Waals surface area contributed by atoms with Gasteiger partial charge in [0, 0.05) is 11.8 Å². The van der Waals surface area contributed by atoms with Crippen LogP contribution in [0.3, 0.4) is 0 Å². The molecule has 7 nitrogen and oxygen atoms in total. The molecular weight excluding hydrogens is 357 g/mol. The number of carbonyl (C=O) groups excluding carboxylic acids is 2. The second-order valence-corrected chi connectivity index (χ2v) is 5.70. The van der Waals surface area contributed by atoms with Crippen LogP contribution in [-0.2, 0) is 14.3 Å². The summed E-state index contributed by atoms with van der Waals surface area (Å²) in [6.45, 7) is 1.82. The molecule has 1 aliphatic rings. The zero-order valence-corrected chi connectivity index (χ0v) is 14.6. The minimum absolute atomic E-state index is 0.0668. The zero-order chi connectivity index (χ0) is 19.2. The van der Waals surface area contributed by atoms with Crippen LogP contribution in [0, 0.1) is 5.82 Å². The second kappa shape index (κ2) is 8.39. The molecule has 0 radical (unpaired) electrons. The maximum Gasteiger partial charge on any atom is 0.344 e. The lowest BCUT2D eigenvalue weighted by Crippen LogP contribution is -2.31. The van der Waals surface area contributed by atoms with Gasteiger partial charge in [0.15, 0.2) is 35.8 Å². The molecule has 1 aliphatic heterocycles. The highest BCUT2D eigenvalue weighted by molar-refractivity contribution is 5.95. The van der Waals surface area contributed by atoms with Gasteiger partial charge in [-0.25, -0.2) is 9.18 Å². The first-order valence-corrected chi connectivity index (χ1v) is 8.30. The van der Waals surface area contributed by atoms with Gasteiger partial charge in [0.25, 0.3) is 5.91 Å². The monoisotopic (exact) mass is 375 g/mol. The number of amides is 1. The highest BCUT2D eigenvalue weighted by Gasteiger charge is 2.20. The molecule has 3 rings (SSSR count). The van der Waals surface area contributed by atoms with E-state index in [9.17, 15) is 14.0 Å². The molecule has 0 saturated heterocycles. The average molecular weight is 375 g/mol. The van der Waals surface area contributed by atoms with E-state index < -0.39 is 30.4 Å². The van der Waals surface area contributed by atoms with Crippen molar-refractivity contribution in [2.45, 2.75) is 13.0 Å². The standard InChI is InChI=1S/C19H18FNO6/c1-12(27-18(22)11-26-15-5-3-2-4-14(15)20)19(23)21-13-6-7-16-17(10-13)25-9-8-24-16/h2-7,10,12H,8-9,11H2,1H3,(H,21,23)/t12-/m1/s1. The number of rotatable bonds is 6. The minimum atomic E-state index is -1.06. The van der Waals surface area contributed by atoms with Crippen LogP contribution < -0.4 is 19.5 Å². The number of fused-ring (bicyclic) bond motifs is 1. The van der Waals surface area contributed by atoms with Gasteiger partial charge < -0.3 is 24.3 Å². The molecule has 0 saturated carbocycles. The van der Waals surface area contributed by atoms with E-state index in [4.69, 9.17) is 18.9 Å². The topological polar surface area (TPSA) is 83.1 Å². The molecule has 1 atom stereocenters. The van der Waals surface area contributed by atoms with Crippen LogP contribution in [0.1, 0.15) is 6.92 Å². The van der Waals surface area contributed by atoms with E-state index in [1.165, 1.54) is 25.1 Å². The third-order valence-electron chi connectivity index (χ3n) is 3.67. The van der Waals surface area contributed by atoms with Crippen molar-refractivity contribution in [2.24, 2.45) is 0 Å². The molecule has 0 unspecified atom stereocenters. The third-order valence-corrected chi connectivity index (χ3v) is 3.67. The van der Waals surface area contributed by atoms with Crippen molar-refractivity contribution >= 4 is 17.6 Å². The van der Waals surface area contributed by atoms with Gasteiger partial charge in [-0.15, -0.1) is 0 Å². The predicted octanol–water partition coefficient (Wildman–Crippen LogP) is 2.55. The van der Waals surface area contributed by atoms with Crippen molar-refractivity contribution in [1.29, 1.82) is 0 Å². The summed E-state index contributed by atoms with van der Waals surface area (Å²) in [6.07, 6.45) is -1.06. The number of esters is 1. The van der Waals surface area contributed by atoms with Crippen molar-refractivity contribution in [3.63, 3.8) is 0 Å². The minimum Gasteiger partial charge on any atom is -0.486 e. The summed E-state index contributed by atoms with van der Waals surface area (Å²) in [5.41, 5.74) is 0.481. The van der Waals surface area contributed by atoms with Crippen LogP contribution in [0.5, 0.6) is 17.2 Å². The number of anilines is 1. The third kappa shape index (κ3) is 4.87. The fraction of sp³-hybridized carbons (Fsp3) is 0.263. The molecule has 0 fully saturated rings. The van der Waals surface area contributed by atoms with Gasteiger partial charge in [-0.05, 0) is 31.2 Å². The molecule has 1 N–H and O–H groups in total. The summed E-state index contributed by atoms with van der Waals surface area (Å²) < 4.78 is 34.3. The molecule has 1 heterocycles. The van der Waals surface area contributed by atoms with E-state index in [1.54, 1.807) is 24.3 Å². The van der Waals surface area contributed by atoms with Crippen LogP contribution in [0.15, 0.2) is 42.5 Å². The van der Waals surface area contributed by atoms with Crippen molar-refractivity contribution in [3.05, 3.63) is 48.3 Å². The molecule has 142 valence electrons. The Kier molecular flexibility index (Phi) is 5.75. The number of hydrogen-bond donors (Lipinski definition) is 1. The lowest BCUT2D eigenvalue weighted by atomic mass is 10.2. The summed E-state index contributed by atoms with van der Waals surface area (Å²) in [5, 5.41) is 2.63. The first kappa shape index (κ1) is 18.5. The number of carbonyl (C=O) groups is 2. The highest BCUT2D eigenvalue weighted by atomic mass is 19.1. The number of hydrogen-bond acceptors (Lipinski definition) is 6. The van der Waals surface area contributed by atoms with Gasteiger partial charge in [0.05, 0.1) is 0 Å². The Bertz CT molecular complexity index is 841. The number of nitrogens with one attached hydrogen (secondary N) is 1. The molecule has 0 aromatic heterocycles. The maximum atomic E-state index is 13.4. The maximum absolute atomic E-state index is 13.4. The van der Waals surface area contributed by atoms with Crippen molar-refractivity contribution in [3.8, 4) is 17.2 Å². The molecule has 0 spiro atoms. The number of ether oxygens (including phenoxy) is 4. The van der Waals surface area contributed by atoms with Gasteiger partial charge in [-0.2, -0.15) is 0 Å². The fourth-order valence-electron chi connectivity index (χ4n) is 2.35. The molecule has 8 heteroatoms. The fourth-order valence-corrected chi connectivity index (χ4v) is 2.35. The molecular formula is C19H18FNO6. The Morgan fingerprint density at radius 2 is 1.89 bits per heavy atom. The zero-order valence-electron chi connectivity index (χ0n) is 14.6. The van der Waals surface area contributed by atoms with Crippen LogP contribution in [0.2, 0.25) is 0 Å². The van der Waals surface area contributed by atoms with E-state index in [0.717, 1.165) is 0 Å². The molecule has 27 heavy (non-hydrogen) atoms. The Labute approximate surface area is 155 Å². The molecule has 2 aromatic carbocycles. The molecule has 2 aromatic rings. The number of benzene rings is 2. The van der Waals surface area contributed by atoms with Crippen molar-refractivity contribution in [2.75, 3.05) is 25.1 Å². The van der Waals surface area contributed by atoms with Crippen LogP contribution in [0.25, 0.3) is 0 Å². The Morgan fingerprint density at radius 3 is 2.67 bits per heavy atom. The Hall–Kier alpha value is -3.29. The van der Waals surface area contributed by atoms with Gasteiger partial charge >= 0.3 is 5.97 Å². The molecule has 0 aliphatic carbocycles. The Balaban J connectivity index is 1.50. The van der Waals surface area contributed by atoms with Gasteiger partial charge in [0.1, 0.15) is 13.2 Å². The Morgan fingerprint density at radius 1 is 1.15 bits per heavy atom. The van der Waals surface area contributed by atoms with E-state index in [0.29, 0.717) is 30.4 Å². The van der Waals surface area contributed by atoms with E-state index in [-0.39, 0.29) is 5.75 Å². The summed E-state index contributed by atoms with van der Waals surface area (Å²) >= 11 is 0.